The summed E-state index contributed by atoms with van der Waals surface area (Å²) in [5.41, 5.74) is 2.22. The van der Waals surface area contributed by atoms with Crippen molar-refractivity contribution in [2.24, 2.45) is 5.41 Å². The van der Waals surface area contributed by atoms with Gasteiger partial charge in [-0.1, -0.05) is 37.6 Å². The van der Waals surface area contributed by atoms with E-state index in [2.05, 4.69) is 5.32 Å². The minimum absolute atomic E-state index is 0.0735. The first-order valence-corrected chi connectivity index (χ1v) is 7.88. The first kappa shape index (κ1) is 15.8. The summed E-state index contributed by atoms with van der Waals surface area (Å²) in [4.78, 5) is 24.1. The molecule has 1 aliphatic heterocycles. The maximum absolute atomic E-state index is 12.7. The van der Waals surface area contributed by atoms with Crippen LogP contribution in [-0.4, -0.2) is 16.9 Å². The normalized spacial score (nSPS) is 23.0. The minimum atomic E-state index is -1.02. The lowest BCUT2D eigenvalue weighted by Gasteiger charge is -2.37. The predicted molar refractivity (Wildman–Crippen MR) is 88.1 cm³/mol. The third-order valence-corrected chi connectivity index (χ3v) is 4.56. The molecule has 1 atom stereocenters. The Morgan fingerprint density at radius 3 is 2.52 bits per heavy atom. The molecule has 2 N–H and O–H groups in total. The van der Waals surface area contributed by atoms with E-state index in [4.69, 9.17) is 11.6 Å². The van der Waals surface area contributed by atoms with Gasteiger partial charge in [-0.15, -0.1) is 0 Å². The number of allylic oxidation sites excluding steroid dienone is 3. The number of carboxylic acid groups (broad SMARTS) is 1. The molecule has 0 aromatic heterocycles. The van der Waals surface area contributed by atoms with Crippen LogP contribution in [0.5, 0.6) is 0 Å². The van der Waals surface area contributed by atoms with Crippen molar-refractivity contribution >= 4 is 23.4 Å². The van der Waals surface area contributed by atoms with Gasteiger partial charge in [-0.2, -0.15) is 0 Å². The molecule has 1 aromatic rings. The lowest BCUT2D eigenvalue weighted by molar-refractivity contribution is -0.133. The van der Waals surface area contributed by atoms with Gasteiger partial charge < -0.3 is 10.4 Å². The number of halogens is 1. The smallest absolute Gasteiger partial charge is 0.351 e. The lowest BCUT2D eigenvalue weighted by Crippen LogP contribution is -2.37. The van der Waals surface area contributed by atoms with Crippen molar-refractivity contribution in [3.8, 4) is 0 Å². The third-order valence-electron chi connectivity index (χ3n) is 4.31. The summed E-state index contributed by atoms with van der Waals surface area (Å²) in [6.45, 7) is 4.04. The topological polar surface area (TPSA) is 66.4 Å². The van der Waals surface area contributed by atoms with Gasteiger partial charge in [0.05, 0.1) is 0 Å². The van der Waals surface area contributed by atoms with Crippen LogP contribution < -0.4 is 5.32 Å². The number of benzene rings is 1. The summed E-state index contributed by atoms with van der Waals surface area (Å²) in [5.74, 6) is -1.30. The van der Waals surface area contributed by atoms with Gasteiger partial charge in [0.15, 0.2) is 5.78 Å². The third kappa shape index (κ3) is 3.04. The molecule has 120 valence electrons. The Balaban J connectivity index is 2.11. The van der Waals surface area contributed by atoms with E-state index in [0.717, 1.165) is 11.3 Å². The number of carbonyl (C=O) groups is 2. The highest BCUT2D eigenvalue weighted by molar-refractivity contribution is 6.30. The number of ketones is 1. The second-order valence-electron chi connectivity index (χ2n) is 6.87. The first-order chi connectivity index (χ1) is 10.8. The highest BCUT2D eigenvalue weighted by atomic mass is 35.5. The van der Waals surface area contributed by atoms with E-state index in [1.165, 1.54) is 0 Å². The van der Waals surface area contributed by atoms with Crippen molar-refractivity contribution in [2.75, 3.05) is 0 Å². The predicted octanol–water partition coefficient (Wildman–Crippen LogP) is 3.64. The second kappa shape index (κ2) is 5.53. The molecule has 2 aliphatic rings. The molecule has 0 spiro atoms. The van der Waals surface area contributed by atoms with Gasteiger partial charge in [0.2, 0.25) is 0 Å². The van der Waals surface area contributed by atoms with Crippen LogP contribution in [0, 0.1) is 5.41 Å². The van der Waals surface area contributed by atoms with Crippen LogP contribution in [0.1, 0.15) is 38.2 Å². The molecule has 1 aromatic carbocycles. The number of Topliss-reactive ketones (excluding diaryl/α,β-unsaturated/α-hetero) is 1. The van der Waals surface area contributed by atoms with Gasteiger partial charge in [0.1, 0.15) is 5.70 Å². The molecule has 1 heterocycles. The summed E-state index contributed by atoms with van der Waals surface area (Å²) >= 11 is 5.93. The number of dihydropyridines is 1. The van der Waals surface area contributed by atoms with Crippen LogP contribution in [0.15, 0.2) is 47.3 Å². The fourth-order valence-corrected chi connectivity index (χ4v) is 3.45. The van der Waals surface area contributed by atoms with Gasteiger partial charge >= 0.3 is 5.97 Å². The quantitative estimate of drug-likeness (QED) is 0.868. The molecule has 0 saturated heterocycles. The van der Waals surface area contributed by atoms with Crippen molar-refractivity contribution < 1.29 is 14.7 Å². The van der Waals surface area contributed by atoms with Crippen LogP contribution in [-0.2, 0) is 9.59 Å². The zero-order valence-corrected chi connectivity index (χ0v) is 13.8. The number of nitrogens with one attached hydrogen (secondary N) is 1. The van der Waals surface area contributed by atoms with E-state index in [-0.39, 0.29) is 22.8 Å². The van der Waals surface area contributed by atoms with Crippen LogP contribution in [0.3, 0.4) is 0 Å². The molecule has 0 amide bonds. The zero-order chi connectivity index (χ0) is 16.8. The molecule has 1 aliphatic carbocycles. The van der Waals surface area contributed by atoms with E-state index >= 15 is 0 Å². The fraction of sp³-hybridized carbons (Fsp3) is 0.333. The van der Waals surface area contributed by atoms with Crippen LogP contribution >= 0.6 is 11.6 Å². The second-order valence-corrected chi connectivity index (χ2v) is 7.31. The van der Waals surface area contributed by atoms with Crippen LogP contribution in [0.25, 0.3) is 0 Å². The largest absolute Gasteiger partial charge is 0.477 e. The summed E-state index contributed by atoms with van der Waals surface area (Å²) in [5, 5.41) is 12.9. The number of aliphatic carboxylic acids is 1. The summed E-state index contributed by atoms with van der Waals surface area (Å²) in [6, 6.07) is 7.19. The molecule has 0 saturated carbocycles. The van der Waals surface area contributed by atoms with E-state index < -0.39 is 5.97 Å². The molecular formula is C18H18ClNO3. The molecule has 23 heavy (non-hydrogen) atoms. The molecule has 0 fully saturated rings. The van der Waals surface area contributed by atoms with Gasteiger partial charge in [-0.3, -0.25) is 4.79 Å². The molecule has 4 nitrogen and oxygen atoms in total. The maximum Gasteiger partial charge on any atom is 0.351 e. The van der Waals surface area contributed by atoms with Crippen LogP contribution in [0.4, 0.5) is 0 Å². The summed E-state index contributed by atoms with van der Waals surface area (Å²) in [6.07, 6.45) is 2.73. The minimum Gasteiger partial charge on any atom is -0.477 e. The summed E-state index contributed by atoms with van der Waals surface area (Å²) in [7, 11) is 0. The fourth-order valence-electron chi connectivity index (χ4n) is 3.32. The Bertz CT molecular complexity index is 744. The SMILES string of the molecule is CC1(C)CC(=O)C2=C(C1)NC(C(=O)O)=CC2c1ccc(Cl)cc1. The van der Waals surface area contributed by atoms with Crippen molar-refractivity contribution in [1.82, 2.24) is 5.32 Å². The van der Waals surface area contributed by atoms with Crippen molar-refractivity contribution in [3.05, 3.63) is 57.9 Å². The highest BCUT2D eigenvalue weighted by Crippen LogP contribution is 2.43. The van der Waals surface area contributed by atoms with Gasteiger partial charge in [-0.25, -0.2) is 4.79 Å². The van der Waals surface area contributed by atoms with Gasteiger partial charge in [0, 0.05) is 28.6 Å². The average molecular weight is 332 g/mol. The van der Waals surface area contributed by atoms with Crippen LogP contribution in [0.2, 0.25) is 5.02 Å². The highest BCUT2D eigenvalue weighted by Gasteiger charge is 2.39. The Labute approximate surface area is 139 Å². The summed E-state index contributed by atoms with van der Waals surface area (Å²) < 4.78 is 0. The van der Waals surface area contributed by atoms with E-state index in [1.807, 2.05) is 26.0 Å². The maximum atomic E-state index is 12.7. The Morgan fingerprint density at radius 2 is 1.91 bits per heavy atom. The number of hydrogen-bond donors (Lipinski definition) is 2. The number of rotatable bonds is 2. The van der Waals surface area contributed by atoms with E-state index in [9.17, 15) is 14.7 Å². The van der Waals surface area contributed by atoms with Gasteiger partial charge in [0.25, 0.3) is 0 Å². The average Bonchev–Trinajstić information content (AvgIpc) is 2.45. The lowest BCUT2D eigenvalue weighted by atomic mass is 9.70. The standard InChI is InChI=1S/C18H18ClNO3/c1-18(2)8-14-16(15(21)9-18)12(7-13(20-14)17(22)23)10-3-5-11(19)6-4-10/h3-7,12,20H,8-9H2,1-2H3,(H,22,23). The first-order valence-electron chi connectivity index (χ1n) is 7.51. The molecule has 3 rings (SSSR count). The number of carboxylic acids is 1. The molecule has 1 unspecified atom stereocenters. The van der Waals surface area contributed by atoms with Crippen molar-refractivity contribution in [1.29, 1.82) is 0 Å². The Hall–Kier alpha value is -2.07. The monoisotopic (exact) mass is 331 g/mol. The number of hydrogen-bond acceptors (Lipinski definition) is 3. The molecule has 0 radical (unpaired) electrons. The van der Waals surface area contributed by atoms with Gasteiger partial charge in [-0.05, 0) is 35.6 Å². The molecular weight excluding hydrogens is 314 g/mol. The Kier molecular flexibility index (Phi) is 3.80. The van der Waals surface area contributed by atoms with Crippen molar-refractivity contribution in [2.45, 2.75) is 32.6 Å². The van der Waals surface area contributed by atoms with Crippen molar-refractivity contribution in [3.63, 3.8) is 0 Å². The van der Waals surface area contributed by atoms with E-state index in [1.54, 1.807) is 18.2 Å². The molecule has 0 bridgehead atoms. The van der Waals surface area contributed by atoms with E-state index in [0.29, 0.717) is 23.4 Å². The number of carbonyl (C=O) groups excluding carboxylic acids is 1. The Morgan fingerprint density at radius 1 is 1.26 bits per heavy atom. The molecule has 5 heteroatoms. The zero-order valence-electron chi connectivity index (χ0n) is 13.0.